The minimum absolute atomic E-state index is 0.00722. The molecule has 0 bridgehead atoms. The van der Waals surface area contributed by atoms with Crippen molar-refractivity contribution in [2.45, 2.75) is 20.4 Å². The Kier molecular flexibility index (Phi) is 3.01. The number of hydrogen-bond acceptors (Lipinski definition) is 3. The van der Waals surface area contributed by atoms with Gasteiger partial charge in [0.15, 0.2) is 5.78 Å². The quantitative estimate of drug-likeness (QED) is 0.725. The summed E-state index contributed by atoms with van der Waals surface area (Å²) >= 11 is 0. The lowest BCUT2D eigenvalue weighted by atomic mass is 10.1. The number of hydrogen-bond donors (Lipinski definition) is 1. The fraction of sp³-hybridized carbons (Fsp3) is 0.444. The third-order valence-electron chi connectivity index (χ3n) is 1.87. The van der Waals surface area contributed by atoms with E-state index in [1.54, 1.807) is 13.8 Å². The Morgan fingerprint density at radius 2 is 2.14 bits per heavy atom. The summed E-state index contributed by atoms with van der Waals surface area (Å²) in [5.41, 5.74) is -1.00. The zero-order chi connectivity index (χ0) is 10.7. The third-order valence-corrected chi connectivity index (χ3v) is 1.87. The van der Waals surface area contributed by atoms with Gasteiger partial charge >= 0.3 is 5.69 Å². The maximum atomic E-state index is 11.3. The lowest BCUT2D eigenvalue weighted by Gasteiger charge is -2.05. The van der Waals surface area contributed by atoms with Crippen LogP contribution in [0.3, 0.4) is 0 Å². The van der Waals surface area contributed by atoms with Crippen LogP contribution in [0.4, 0.5) is 0 Å². The summed E-state index contributed by atoms with van der Waals surface area (Å²) in [6.45, 7) is 3.53. The lowest BCUT2D eigenvalue weighted by Crippen LogP contribution is -2.31. The highest BCUT2D eigenvalue weighted by Crippen LogP contribution is 1.95. The van der Waals surface area contributed by atoms with Crippen LogP contribution >= 0.6 is 0 Å². The van der Waals surface area contributed by atoms with Gasteiger partial charge in [0.1, 0.15) is 0 Å². The molecule has 1 heterocycles. The first-order valence-corrected chi connectivity index (χ1v) is 4.33. The zero-order valence-electron chi connectivity index (χ0n) is 8.11. The van der Waals surface area contributed by atoms with Crippen molar-refractivity contribution in [2.24, 2.45) is 5.92 Å². The zero-order valence-corrected chi connectivity index (χ0v) is 8.11. The highest BCUT2D eigenvalue weighted by molar-refractivity contribution is 5.79. The minimum Gasteiger partial charge on any atom is -0.297 e. The van der Waals surface area contributed by atoms with Crippen molar-refractivity contribution in [3.63, 3.8) is 0 Å². The minimum atomic E-state index is -0.550. The predicted molar refractivity (Wildman–Crippen MR) is 51.2 cm³/mol. The molecule has 1 N–H and O–H groups in total. The molecule has 5 heteroatoms. The Balaban J connectivity index is 2.94. The second-order valence-electron chi connectivity index (χ2n) is 3.36. The van der Waals surface area contributed by atoms with E-state index < -0.39 is 11.2 Å². The van der Waals surface area contributed by atoms with Gasteiger partial charge in [0.2, 0.25) is 0 Å². The van der Waals surface area contributed by atoms with Gasteiger partial charge in [0.25, 0.3) is 5.56 Å². The Morgan fingerprint density at radius 3 is 2.64 bits per heavy atom. The van der Waals surface area contributed by atoms with Crippen molar-refractivity contribution in [1.82, 2.24) is 9.55 Å². The number of aromatic nitrogens is 2. The Hall–Kier alpha value is -1.65. The van der Waals surface area contributed by atoms with Crippen LogP contribution in [-0.2, 0) is 11.3 Å². The fourth-order valence-electron chi connectivity index (χ4n) is 0.919. The molecule has 76 valence electrons. The molecule has 1 aromatic heterocycles. The second kappa shape index (κ2) is 4.04. The molecular weight excluding hydrogens is 184 g/mol. The highest BCUT2D eigenvalue weighted by Gasteiger charge is 2.08. The molecule has 0 fully saturated rings. The third kappa shape index (κ3) is 2.42. The topological polar surface area (TPSA) is 71.9 Å². The van der Waals surface area contributed by atoms with Crippen molar-refractivity contribution in [2.75, 3.05) is 0 Å². The molecule has 1 aromatic rings. The van der Waals surface area contributed by atoms with Gasteiger partial charge in [0, 0.05) is 18.2 Å². The van der Waals surface area contributed by atoms with Crippen LogP contribution < -0.4 is 11.2 Å². The van der Waals surface area contributed by atoms with Gasteiger partial charge in [-0.25, -0.2) is 4.79 Å². The van der Waals surface area contributed by atoms with E-state index in [-0.39, 0.29) is 18.2 Å². The van der Waals surface area contributed by atoms with Gasteiger partial charge < -0.3 is 0 Å². The standard InChI is InChI=1S/C9H12N2O3/c1-6(2)7(12)5-11-4-3-8(13)10-9(11)14/h3-4,6H,5H2,1-2H3,(H,10,13,14). The summed E-state index contributed by atoms with van der Waals surface area (Å²) in [6, 6.07) is 1.22. The SMILES string of the molecule is CC(C)C(=O)Cn1ccc(=O)[nH]c1=O. The van der Waals surface area contributed by atoms with E-state index in [1.165, 1.54) is 16.8 Å². The van der Waals surface area contributed by atoms with Gasteiger partial charge in [-0.05, 0) is 0 Å². The summed E-state index contributed by atoms with van der Waals surface area (Å²) in [7, 11) is 0. The van der Waals surface area contributed by atoms with Crippen LogP contribution in [0.25, 0.3) is 0 Å². The van der Waals surface area contributed by atoms with Crippen molar-refractivity contribution >= 4 is 5.78 Å². The molecule has 14 heavy (non-hydrogen) atoms. The largest absolute Gasteiger partial charge is 0.328 e. The molecule has 0 saturated carbocycles. The number of carbonyl (C=O) groups is 1. The van der Waals surface area contributed by atoms with E-state index in [1.807, 2.05) is 0 Å². The predicted octanol–water partition coefficient (Wildman–Crippen LogP) is -0.238. The molecule has 0 aliphatic rings. The molecule has 0 saturated heterocycles. The molecule has 0 aliphatic heterocycles. The summed E-state index contributed by atoms with van der Waals surface area (Å²) < 4.78 is 1.18. The van der Waals surface area contributed by atoms with Crippen LogP contribution in [0, 0.1) is 5.92 Å². The van der Waals surface area contributed by atoms with Gasteiger partial charge in [-0.15, -0.1) is 0 Å². The number of nitrogens with one attached hydrogen (secondary N) is 1. The van der Waals surface area contributed by atoms with Gasteiger partial charge in [0.05, 0.1) is 6.54 Å². The van der Waals surface area contributed by atoms with E-state index in [0.29, 0.717) is 0 Å². The maximum Gasteiger partial charge on any atom is 0.328 e. The van der Waals surface area contributed by atoms with Crippen molar-refractivity contribution in [3.8, 4) is 0 Å². The molecule has 5 nitrogen and oxygen atoms in total. The van der Waals surface area contributed by atoms with Crippen LogP contribution in [0.2, 0.25) is 0 Å². The van der Waals surface area contributed by atoms with Gasteiger partial charge in [-0.3, -0.25) is 19.1 Å². The Labute approximate surface area is 80.4 Å². The molecule has 1 rings (SSSR count). The van der Waals surface area contributed by atoms with E-state index in [4.69, 9.17) is 0 Å². The molecule has 0 aromatic carbocycles. The number of nitrogens with zero attached hydrogens (tertiary/aromatic N) is 1. The number of aromatic amines is 1. The van der Waals surface area contributed by atoms with Crippen LogP contribution in [0.5, 0.6) is 0 Å². The summed E-state index contributed by atoms with van der Waals surface area (Å²) in [4.78, 5) is 35.2. The summed E-state index contributed by atoms with van der Waals surface area (Å²) in [5, 5.41) is 0. The summed E-state index contributed by atoms with van der Waals surface area (Å²) in [5.74, 6) is -0.159. The average Bonchev–Trinajstić information content (AvgIpc) is 2.09. The number of H-pyrrole nitrogens is 1. The first kappa shape index (κ1) is 10.4. The fourth-order valence-corrected chi connectivity index (χ4v) is 0.919. The number of Topliss-reactive ketones (excluding diaryl/α,β-unsaturated/α-hetero) is 1. The number of ketones is 1. The molecule has 0 atom stereocenters. The number of carbonyl (C=O) groups excluding carboxylic acids is 1. The summed E-state index contributed by atoms with van der Waals surface area (Å²) in [6.07, 6.45) is 1.32. The Morgan fingerprint density at radius 1 is 1.50 bits per heavy atom. The van der Waals surface area contributed by atoms with Crippen LogP contribution in [-0.4, -0.2) is 15.3 Å². The monoisotopic (exact) mass is 196 g/mol. The molecule has 0 unspecified atom stereocenters. The normalized spacial score (nSPS) is 10.5. The van der Waals surface area contributed by atoms with Crippen molar-refractivity contribution in [1.29, 1.82) is 0 Å². The number of rotatable bonds is 3. The average molecular weight is 196 g/mol. The van der Waals surface area contributed by atoms with Crippen LogP contribution in [0.1, 0.15) is 13.8 Å². The molecule has 0 spiro atoms. The van der Waals surface area contributed by atoms with E-state index in [0.717, 1.165) is 0 Å². The van der Waals surface area contributed by atoms with Gasteiger partial charge in [-0.2, -0.15) is 0 Å². The highest BCUT2D eigenvalue weighted by atomic mass is 16.2. The maximum absolute atomic E-state index is 11.3. The van der Waals surface area contributed by atoms with E-state index in [9.17, 15) is 14.4 Å². The van der Waals surface area contributed by atoms with E-state index in [2.05, 4.69) is 4.98 Å². The second-order valence-corrected chi connectivity index (χ2v) is 3.36. The first-order chi connectivity index (χ1) is 6.50. The molecule has 0 aliphatic carbocycles. The first-order valence-electron chi connectivity index (χ1n) is 4.33. The molecular formula is C9H12N2O3. The van der Waals surface area contributed by atoms with E-state index >= 15 is 0 Å². The van der Waals surface area contributed by atoms with Crippen molar-refractivity contribution < 1.29 is 4.79 Å². The van der Waals surface area contributed by atoms with Crippen molar-refractivity contribution in [3.05, 3.63) is 33.1 Å². The lowest BCUT2D eigenvalue weighted by molar-refractivity contribution is -0.122. The van der Waals surface area contributed by atoms with Gasteiger partial charge in [-0.1, -0.05) is 13.8 Å². The smallest absolute Gasteiger partial charge is 0.297 e. The van der Waals surface area contributed by atoms with Crippen LogP contribution in [0.15, 0.2) is 21.9 Å². The molecule has 0 amide bonds. The molecule has 0 radical (unpaired) electrons. The Bertz CT molecular complexity index is 442.